The molecule has 0 radical (unpaired) electrons. The van der Waals surface area contributed by atoms with Gasteiger partial charge in [-0.25, -0.2) is 8.42 Å². The first-order valence-electron chi connectivity index (χ1n) is 9.93. The first-order chi connectivity index (χ1) is 15.5. The highest BCUT2D eigenvalue weighted by molar-refractivity contribution is 7.89. The molecule has 1 aliphatic rings. The van der Waals surface area contributed by atoms with E-state index in [1.807, 2.05) is 18.2 Å². The van der Waals surface area contributed by atoms with Gasteiger partial charge < -0.3 is 5.32 Å². The zero-order valence-electron chi connectivity index (χ0n) is 16.7. The van der Waals surface area contributed by atoms with Crippen LogP contribution in [0.5, 0.6) is 0 Å². The Morgan fingerprint density at radius 1 is 1.06 bits per heavy atom. The fourth-order valence-corrected chi connectivity index (χ4v) is 6.83. The van der Waals surface area contributed by atoms with Gasteiger partial charge in [0.2, 0.25) is 15.0 Å². The molecular weight excluding hydrogens is 468 g/mol. The second kappa shape index (κ2) is 8.62. The average molecular weight is 487 g/mol. The molecule has 2 aromatic carbocycles. The van der Waals surface area contributed by atoms with E-state index in [1.165, 1.54) is 15.6 Å². The Morgan fingerprint density at radius 3 is 2.75 bits per heavy atom. The number of nitrogens with zero attached hydrogens (tertiary/aromatic N) is 5. The summed E-state index contributed by atoms with van der Waals surface area (Å²) in [7, 11) is -3.74. The minimum absolute atomic E-state index is 0.123. The number of nitrogens with one attached hydrogen (secondary N) is 1. The Labute approximate surface area is 192 Å². The lowest BCUT2D eigenvalue weighted by Crippen LogP contribution is -2.39. The normalized spacial score (nSPS) is 17.4. The van der Waals surface area contributed by atoms with Crippen molar-refractivity contribution in [2.24, 2.45) is 0 Å². The van der Waals surface area contributed by atoms with Gasteiger partial charge in [0.05, 0.1) is 11.7 Å². The van der Waals surface area contributed by atoms with E-state index in [-0.39, 0.29) is 28.3 Å². The fraction of sp³-hybridized carbons (Fsp3) is 0.250. The third-order valence-electron chi connectivity index (χ3n) is 5.27. The fourth-order valence-electron chi connectivity index (χ4n) is 3.69. The Balaban J connectivity index is 1.34. The molecule has 164 valence electrons. The summed E-state index contributed by atoms with van der Waals surface area (Å²) in [4.78, 5) is 12.7. The Bertz CT molecular complexity index is 1370. The van der Waals surface area contributed by atoms with E-state index >= 15 is 0 Å². The molecule has 1 saturated heterocycles. The summed E-state index contributed by atoms with van der Waals surface area (Å²) in [5.41, 5.74) is 1.65. The summed E-state index contributed by atoms with van der Waals surface area (Å²) in [6, 6.07) is 14.1. The Kier molecular flexibility index (Phi) is 5.67. The zero-order valence-corrected chi connectivity index (χ0v) is 19.2. The second-order valence-corrected chi connectivity index (χ2v) is 10.8. The van der Waals surface area contributed by atoms with Gasteiger partial charge in [-0.05, 0) is 37.1 Å². The molecule has 9 nitrogen and oxygen atoms in total. The largest absolute Gasteiger partial charge is 0.320 e. The van der Waals surface area contributed by atoms with Crippen LogP contribution in [0.3, 0.4) is 0 Å². The van der Waals surface area contributed by atoms with Crippen LogP contribution in [0.4, 0.5) is 5.69 Å². The molecule has 0 saturated carbocycles. The number of rotatable bonds is 5. The summed E-state index contributed by atoms with van der Waals surface area (Å²) in [6.07, 6.45) is 1.48. The van der Waals surface area contributed by atoms with Crippen LogP contribution in [0, 0.1) is 0 Å². The van der Waals surface area contributed by atoms with Crippen LogP contribution in [0.15, 0.2) is 53.4 Å². The second-order valence-electron chi connectivity index (χ2n) is 7.36. The summed E-state index contributed by atoms with van der Waals surface area (Å²) < 4.78 is 36.5. The van der Waals surface area contributed by atoms with E-state index in [9.17, 15) is 13.2 Å². The molecule has 1 amide bonds. The van der Waals surface area contributed by atoms with Crippen LogP contribution in [0.2, 0.25) is 0 Å². The van der Waals surface area contributed by atoms with E-state index in [4.69, 9.17) is 0 Å². The molecule has 0 bridgehead atoms. The Hall–Kier alpha value is -2.80. The quantitative estimate of drug-likeness (QED) is 0.459. The molecule has 0 spiro atoms. The highest BCUT2D eigenvalue weighted by atomic mass is 32.2. The van der Waals surface area contributed by atoms with E-state index in [0.717, 1.165) is 18.1 Å². The predicted octanol–water partition coefficient (Wildman–Crippen LogP) is 3.36. The van der Waals surface area contributed by atoms with Crippen molar-refractivity contribution in [2.75, 3.05) is 18.4 Å². The number of amides is 1. The summed E-state index contributed by atoms with van der Waals surface area (Å²) in [6.45, 7) is 0.707. The predicted molar refractivity (Wildman–Crippen MR) is 122 cm³/mol. The summed E-state index contributed by atoms with van der Waals surface area (Å²) in [5, 5.41) is 11.9. The van der Waals surface area contributed by atoms with Crippen molar-refractivity contribution in [1.82, 2.24) is 23.2 Å². The highest BCUT2D eigenvalue weighted by Gasteiger charge is 2.34. The van der Waals surface area contributed by atoms with Gasteiger partial charge >= 0.3 is 0 Å². The van der Waals surface area contributed by atoms with Crippen molar-refractivity contribution < 1.29 is 13.2 Å². The van der Waals surface area contributed by atoms with E-state index in [0.29, 0.717) is 34.7 Å². The summed E-state index contributed by atoms with van der Waals surface area (Å²) >= 11 is 2.20. The monoisotopic (exact) mass is 486 g/mol. The van der Waals surface area contributed by atoms with Crippen molar-refractivity contribution in [2.45, 2.75) is 23.7 Å². The maximum atomic E-state index is 13.4. The van der Waals surface area contributed by atoms with E-state index < -0.39 is 10.0 Å². The number of aromatic nitrogens is 4. The van der Waals surface area contributed by atoms with Crippen molar-refractivity contribution in [3.05, 3.63) is 58.5 Å². The molecule has 12 heteroatoms. The lowest BCUT2D eigenvalue weighted by molar-refractivity contribution is 0.102. The van der Waals surface area contributed by atoms with Crippen LogP contribution < -0.4 is 5.32 Å². The van der Waals surface area contributed by atoms with Crippen LogP contribution in [-0.2, 0) is 10.0 Å². The third-order valence-corrected chi connectivity index (χ3v) is 8.79. The molecule has 2 aromatic heterocycles. The first kappa shape index (κ1) is 21.1. The minimum Gasteiger partial charge on any atom is -0.320 e. The van der Waals surface area contributed by atoms with Gasteiger partial charge in [0.25, 0.3) is 5.91 Å². The lowest BCUT2D eigenvalue weighted by Gasteiger charge is -2.30. The number of benzene rings is 2. The van der Waals surface area contributed by atoms with Gasteiger partial charge in [0, 0.05) is 24.7 Å². The topological polar surface area (TPSA) is 118 Å². The van der Waals surface area contributed by atoms with E-state index in [1.54, 1.807) is 30.3 Å². The molecule has 0 unspecified atom stereocenters. The van der Waals surface area contributed by atoms with E-state index in [2.05, 4.69) is 24.3 Å². The van der Waals surface area contributed by atoms with Crippen LogP contribution in [-0.4, -0.2) is 50.7 Å². The molecule has 1 fully saturated rings. The number of para-hydroxylation sites is 1. The molecule has 1 atom stereocenters. The van der Waals surface area contributed by atoms with Crippen molar-refractivity contribution in [1.29, 1.82) is 0 Å². The maximum Gasteiger partial charge on any atom is 0.286 e. The number of carbonyl (C=O) groups is 1. The molecule has 1 aliphatic heterocycles. The number of sulfonamides is 1. The van der Waals surface area contributed by atoms with Gasteiger partial charge in [-0.1, -0.05) is 35.6 Å². The standard InChI is InChI=1S/C20H18N6O3S3/c27-18(21-14-7-2-1-3-8-14)20-23-22-19(30-20)13-6-5-11-26(12-13)32(28,29)16-10-4-9-15-17(16)25-31-24-15/h1-4,7-10,13H,5-6,11-12H2,(H,21,27)/t13-/m0/s1. The number of carbonyl (C=O) groups excluding carboxylic acids is 1. The minimum atomic E-state index is -3.74. The molecule has 5 rings (SSSR count). The number of anilines is 1. The van der Waals surface area contributed by atoms with Crippen molar-refractivity contribution >= 4 is 55.7 Å². The van der Waals surface area contributed by atoms with Crippen LogP contribution >= 0.6 is 23.1 Å². The van der Waals surface area contributed by atoms with Crippen LogP contribution in [0.1, 0.15) is 33.6 Å². The van der Waals surface area contributed by atoms with Crippen molar-refractivity contribution in [3.63, 3.8) is 0 Å². The number of hydrogen-bond acceptors (Lipinski definition) is 9. The molecule has 0 aliphatic carbocycles. The molecule has 4 aromatic rings. The van der Waals surface area contributed by atoms with Gasteiger partial charge in [-0.3, -0.25) is 4.79 Å². The lowest BCUT2D eigenvalue weighted by atomic mass is 10.0. The molecule has 3 heterocycles. The van der Waals surface area contributed by atoms with Crippen LogP contribution in [0.25, 0.3) is 11.0 Å². The van der Waals surface area contributed by atoms with Gasteiger partial charge in [0.1, 0.15) is 20.9 Å². The zero-order chi connectivity index (χ0) is 22.1. The summed E-state index contributed by atoms with van der Waals surface area (Å²) in [5.74, 6) is -0.454. The smallest absolute Gasteiger partial charge is 0.286 e. The van der Waals surface area contributed by atoms with Crippen molar-refractivity contribution in [3.8, 4) is 0 Å². The van der Waals surface area contributed by atoms with Gasteiger partial charge in [-0.15, -0.1) is 10.2 Å². The number of hydrogen-bond donors (Lipinski definition) is 1. The number of piperidine rings is 1. The third kappa shape index (κ3) is 4.01. The Morgan fingerprint density at radius 2 is 1.91 bits per heavy atom. The molecule has 32 heavy (non-hydrogen) atoms. The van der Waals surface area contributed by atoms with Gasteiger partial charge in [0.15, 0.2) is 0 Å². The maximum absolute atomic E-state index is 13.4. The number of fused-ring (bicyclic) bond motifs is 1. The first-order valence-corrected chi connectivity index (χ1v) is 12.9. The highest BCUT2D eigenvalue weighted by Crippen LogP contribution is 2.33. The molecular formula is C20H18N6O3S3. The van der Waals surface area contributed by atoms with Gasteiger partial charge in [-0.2, -0.15) is 13.1 Å². The average Bonchev–Trinajstić information content (AvgIpc) is 3.49. The SMILES string of the molecule is O=C(Nc1ccccc1)c1nnc([C@H]2CCCN(S(=O)(=O)c3cccc4nsnc34)C2)s1. The molecule has 1 N–H and O–H groups in total.